The highest BCUT2D eigenvalue weighted by atomic mass is 35.5. The van der Waals surface area contributed by atoms with E-state index in [1.165, 1.54) is 18.3 Å². The summed E-state index contributed by atoms with van der Waals surface area (Å²) in [5.41, 5.74) is 2.86. The minimum atomic E-state index is -0.516. The van der Waals surface area contributed by atoms with Gasteiger partial charge >= 0.3 is 0 Å². The molecule has 0 atom stereocenters. The van der Waals surface area contributed by atoms with E-state index < -0.39 is 5.82 Å². The Morgan fingerprint density at radius 3 is 2.52 bits per heavy atom. The van der Waals surface area contributed by atoms with E-state index in [2.05, 4.69) is 16.4 Å². The molecular weight excluding hydrogens is 369 g/mol. The van der Waals surface area contributed by atoms with E-state index in [0.29, 0.717) is 34.0 Å². The molecule has 0 radical (unpaired) electrons. The van der Waals surface area contributed by atoms with Crippen molar-refractivity contribution in [3.05, 3.63) is 65.2 Å². The van der Waals surface area contributed by atoms with Gasteiger partial charge in [-0.1, -0.05) is 17.7 Å². The first-order valence-corrected chi connectivity index (χ1v) is 8.27. The van der Waals surface area contributed by atoms with E-state index in [-0.39, 0.29) is 5.02 Å². The molecule has 27 heavy (non-hydrogen) atoms. The maximum absolute atomic E-state index is 13.4. The average molecular weight is 384 g/mol. The van der Waals surface area contributed by atoms with Crippen molar-refractivity contribution in [3.63, 3.8) is 0 Å². The highest BCUT2D eigenvalue weighted by Crippen LogP contribution is 2.37. The van der Waals surface area contributed by atoms with Crippen LogP contribution in [0.15, 0.2) is 48.8 Å². The molecule has 1 aromatic heterocycles. The molecule has 0 fully saturated rings. The number of nitriles is 1. The van der Waals surface area contributed by atoms with Crippen LogP contribution in [0.25, 0.3) is 11.1 Å². The maximum Gasteiger partial charge on any atom is 0.161 e. The van der Waals surface area contributed by atoms with Crippen molar-refractivity contribution < 1.29 is 13.9 Å². The van der Waals surface area contributed by atoms with Gasteiger partial charge in [0.2, 0.25) is 0 Å². The van der Waals surface area contributed by atoms with Crippen LogP contribution in [0, 0.1) is 17.1 Å². The molecule has 136 valence electrons. The number of nitrogens with one attached hydrogen (secondary N) is 1. The van der Waals surface area contributed by atoms with Gasteiger partial charge in [-0.3, -0.25) is 4.98 Å². The summed E-state index contributed by atoms with van der Waals surface area (Å²) in [5.74, 6) is 0.621. The van der Waals surface area contributed by atoms with E-state index >= 15 is 0 Å². The minimum absolute atomic E-state index is 0.0137. The number of methoxy groups -OCH3 is 2. The van der Waals surface area contributed by atoms with Crippen molar-refractivity contribution >= 4 is 23.0 Å². The lowest BCUT2D eigenvalue weighted by atomic mass is 10.0. The second-order valence-corrected chi connectivity index (χ2v) is 5.95. The lowest BCUT2D eigenvalue weighted by molar-refractivity contribution is 0.355. The molecule has 0 spiro atoms. The molecule has 0 saturated carbocycles. The third-order valence-electron chi connectivity index (χ3n) is 3.95. The van der Waals surface area contributed by atoms with Crippen LogP contribution in [0.4, 0.5) is 15.8 Å². The summed E-state index contributed by atoms with van der Waals surface area (Å²) in [4.78, 5) is 4.14. The van der Waals surface area contributed by atoms with Gasteiger partial charge in [0.15, 0.2) is 11.5 Å². The van der Waals surface area contributed by atoms with Crippen LogP contribution >= 0.6 is 11.6 Å². The van der Waals surface area contributed by atoms with Crippen LogP contribution in [-0.2, 0) is 0 Å². The molecule has 2 aromatic carbocycles. The summed E-state index contributed by atoms with van der Waals surface area (Å²) in [6, 6.07) is 11.8. The van der Waals surface area contributed by atoms with Gasteiger partial charge in [0.25, 0.3) is 0 Å². The Morgan fingerprint density at radius 2 is 1.85 bits per heavy atom. The Kier molecular flexibility index (Phi) is 5.43. The molecule has 7 heteroatoms. The van der Waals surface area contributed by atoms with Gasteiger partial charge in [0.05, 0.1) is 30.5 Å². The third kappa shape index (κ3) is 3.78. The Morgan fingerprint density at radius 1 is 1.07 bits per heavy atom. The van der Waals surface area contributed by atoms with Crippen molar-refractivity contribution in [2.45, 2.75) is 0 Å². The summed E-state index contributed by atoms with van der Waals surface area (Å²) < 4.78 is 24.0. The molecule has 3 rings (SSSR count). The molecule has 5 nitrogen and oxygen atoms in total. The second kappa shape index (κ2) is 7.94. The fraction of sp³-hybridized carbons (Fsp3) is 0.100. The summed E-state index contributed by atoms with van der Waals surface area (Å²) in [7, 11) is 3.10. The van der Waals surface area contributed by atoms with Crippen molar-refractivity contribution in [3.8, 4) is 28.7 Å². The van der Waals surface area contributed by atoms with E-state index in [1.807, 2.05) is 6.07 Å². The minimum Gasteiger partial charge on any atom is -0.493 e. The molecule has 0 aliphatic carbocycles. The number of pyridine rings is 1. The smallest absolute Gasteiger partial charge is 0.161 e. The summed E-state index contributed by atoms with van der Waals surface area (Å²) in [5, 5.41) is 12.6. The first-order valence-electron chi connectivity index (χ1n) is 7.90. The van der Waals surface area contributed by atoms with Crippen LogP contribution in [0.1, 0.15) is 5.56 Å². The van der Waals surface area contributed by atoms with E-state index in [0.717, 1.165) is 5.56 Å². The fourth-order valence-corrected chi connectivity index (χ4v) is 2.80. The quantitative estimate of drug-likeness (QED) is 0.658. The monoisotopic (exact) mass is 383 g/mol. The van der Waals surface area contributed by atoms with Gasteiger partial charge in [-0.2, -0.15) is 5.26 Å². The number of hydrogen-bond donors (Lipinski definition) is 1. The van der Waals surface area contributed by atoms with Gasteiger partial charge in [-0.15, -0.1) is 0 Å². The van der Waals surface area contributed by atoms with E-state index in [4.69, 9.17) is 21.1 Å². The summed E-state index contributed by atoms with van der Waals surface area (Å²) >= 11 is 5.86. The molecule has 0 saturated heterocycles. The van der Waals surface area contributed by atoms with E-state index in [1.54, 1.807) is 38.6 Å². The van der Waals surface area contributed by atoms with Crippen LogP contribution in [-0.4, -0.2) is 19.2 Å². The number of hydrogen-bond acceptors (Lipinski definition) is 5. The number of nitrogens with zero attached hydrogens (tertiary/aromatic N) is 2. The predicted octanol–water partition coefficient (Wildman–Crippen LogP) is 5.17. The number of halogens is 2. The number of aromatic nitrogens is 1. The normalized spacial score (nSPS) is 10.2. The van der Waals surface area contributed by atoms with Crippen molar-refractivity contribution in [2.24, 2.45) is 0 Å². The van der Waals surface area contributed by atoms with Crippen LogP contribution < -0.4 is 14.8 Å². The highest BCUT2D eigenvalue weighted by molar-refractivity contribution is 6.31. The van der Waals surface area contributed by atoms with Crippen molar-refractivity contribution in [2.75, 3.05) is 19.5 Å². The predicted molar refractivity (Wildman–Crippen MR) is 102 cm³/mol. The average Bonchev–Trinajstić information content (AvgIpc) is 2.70. The standard InChI is InChI=1S/C20H15ClFN3O2/c1-26-18-6-3-12(7-19(18)27-2)15-11-24-10-13(9-23)20(15)25-14-4-5-17(22)16(21)8-14/h3-8,10-11H,1-2H3,(H,24,25). The third-order valence-corrected chi connectivity index (χ3v) is 4.24. The first kappa shape index (κ1) is 18.5. The first-order chi connectivity index (χ1) is 13.1. The van der Waals surface area contributed by atoms with Crippen molar-refractivity contribution in [1.82, 2.24) is 4.98 Å². The number of benzene rings is 2. The Hall–Kier alpha value is -3.30. The Labute approximate surface area is 160 Å². The van der Waals surface area contributed by atoms with Gasteiger partial charge in [0, 0.05) is 23.6 Å². The van der Waals surface area contributed by atoms with Crippen molar-refractivity contribution in [1.29, 1.82) is 5.26 Å². The van der Waals surface area contributed by atoms with E-state index in [9.17, 15) is 9.65 Å². The van der Waals surface area contributed by atoms with Gasteiger partial charge < -0.3 is 14.8 Å². The second-order valence-electron chi connectivity index (χ2n) is 5.55. The lowest BCUT2D eigenvalue weighted by Gasteiger charge is -2.15. The molecule has 0 bridgehead atoms. The van der Waals surface area contributed by atoms with Gasteiger partial charge in [-0.05, 0) is 35.9 Å². The summed E-state index contributed by atoms with van der Waals surface area (Å²) in [6.45, 7) is 0. The Balaban J connectivity index is 2.12. The molecule has 0 aliphatic rings. The van der Waals surface area contributed by atoms with Crippen LogP contribution in [0.2, 0.25) is 5.02 Å². The zero-order chi connectivity index (χ0) is 19.4. The molecule has 1 N–H and O–H groups in total. The highest BCUT2D eigenvalue weighted by Gasteiger charge is 2.14. The SMILES string of the molecule is COc1ccc(-c2cncc(C#N)c2Nc2ccc(F)c(Cl)c2)cc1OC. The zero-order valence-corrected chi connectivity index (χ0v) is 15.3. The molecular formula is C20H15ClFN3O2. The maximum atomic E-state index is 13.4. The largest absolute Gasteiger partial charge is 0.493 e. The van der Waals surface area contributed by atoms with Gasteiger partial charge in [-0.25, -0.2) is 4.39 Å². The lowest BCUT2D eigenvalue weighted by Crippen LogP contribution is -1.99. The fourth-order valence-electron chi connectivity index (χ4n) is 2.62. The molecule has 0 unspecified atom stereocenters. The zero-order valence-electron chi connectivity index (χ0n) is 14.6. The number of anilines is 2. The number of rotatable bonds is 5. The molecule has 0 aliphatic heterocycles. The molecule has 0 amide bonds. The van der Waals surface area contributed by atoms with Crippen LogP contribution in [0.3, 0.4) is 0 Å². The topological polar surface area (TPSA) is 67.2 Å². The Bertz CT molecular complexity index is 1030. The van der Waals surface area contributed by atoms with Crippen LogP contribution in [0.5, 0.6) is 11.5 Å². The van der Waals surface area contributed by atoms with Gasteiger partial charge in [0.1, 0.15) is 11.9 Å². The summed E-state index contributed by atoms with van der Waals surface area (Å²) in [6.07, 6.45) is 3.09. The molecule has 3 aromatic rings. The number of ether oxygens (including phenoxy) is 2. The molecule has 1 heterocycles.